The molecule has 1 aromatic carbocycles. The van der Waals surface area contributed by atoms with E-state index >= 15 is 0 Å². The van der Waals surface area contributed by atoms with Crippen LogP contribution in [0.1, 0.15) is 49.5 Å². The Balaban J connectivity index is 1.07. The van der Waals surface area contributed by atoms with Gasteiger partial charge in [0, 0.05) is 25.4 Å². The van der Waals surface area contributed by atoms with E-state index in [2.05, 4.69) is 16.7 Å². The Morgan fingerprint density at radius 1 is 1.16 bits per heavy atom. The molecule has 3 aliphatic heterocycles. The molecule has 2 N–H and O–H groups in total. The lowest BCUT2D eigenvalue weighted by Crippen LogP contribution is -2.39. The molecular weight excluding hydrogens is 448 g/mol. The number of hydrogen-bond donors (Lipinski definition) is 2. The third kappa shape index (κ3) is 4.22. The molecule has 172 valence electrons. The minimum absolute atomic E-state index is 0.00358. The second-order valence-corrected chi connectivity index (χ2v) is 12.4. The van der Waals surface area contributed by atoms with E-state index in [1.165, 1.54) is 9.71 Å². The van der Waals surface area contributed by atoms with Gasteiger partial charge in [0.2, 0.25) is 5.91 Å². The molecule has 0 unspecified atom stereocenters. The molecule has 3 saturated heterocycles. The number of rotatable bonds is 6. The van der Waals surface area contributed by atoms with Crippen LogP contribution in [-0.4, -0.2) is 66.4 Å². The summed E-state index contributed by atoms with van der Waals surface area (Å²) >= 11 is 1.75. The van der Waals surface area contributed by atoms with Gasteiger partial charge in [0.25, 0.3) is 0 Å². The van der Waals surface area contributed by atoms with Gasteiger partial charge in [-0.25, -0.2) is 18.2 Å². The number of carbonyl (C=O) groups excluding carboxylic acids is 2. The zero-order chi connectivity index (χ0) is 22.3. The van der Waals surface area contributed by atoms with Gasteiger partial charge in [-0.05, 0) is 37.8 Å². The standard InChI is InChI=1S/C22H28N4O4S2/c27-19(8-4-3-7-18-20-16(13-32(18,29)30)24-22(28)25-20)26-11-9-14(10-12-26)21-23-15-5-1-2-6-17(15)31-21/h1-2,5-6,14,16,18,20H,3-4,7-13H2,(H2,24,25,28)/t16-,18-,20-/m1/s1. The molecule has 0 radical (unpaired) electrons. The number of urea groups is 1. The SMILES string of the molecule is O=C1N[C@H]2[C@@H](CCCCC(=O)N3CCC(c4nc5ccccc5s4)CC3)S(=O)(=O)C[C@H]2N1. The number of nitrogens with one attached hydrogen (secondary N) is 2. The van der Waals surface area contributed by atoms with Gasteiger partial charge in [-0.3, -0.25) is 4.79 Å². The number of fused-ring (bicyclic) bond motifs is 2. The van der Waals surface area contributed by atoms with Crippen LogP contribution in [-0.2, 0) is 14.6 Å². The molecule has 0 saturated carbocycles. The number of piperidine rings is 1. The molecule has 3 amide bonds. The third-order valence-corrected chi connectivity index (χ3v) is 10.4. The molecule has 0 spiro atoms. The summed E-state index contributed by atoms with van der Waals surface area (Å²) in [5, 5.41) is 6.04. The Morgan fingerprint density at radius 2 is 1.94 bits per heavy atom. The number of hydrogen-bond acceptors (Lipinski definition) is 6. The molecule has 10 heteroatoms. The molecule has 2 aromatic rings. The molecule has 32 heavy (non-hydrogen) atoms. The fourth-order valence-electron chi connectivity index (χ4n) is 5.23. The summed E-state index contributed by atoms with van der Waals surface area (Å²) < 4.78 is 26.0. The molecular formula is C22H28N4O4S2. The minimum atomic E-state index is -3.21. The van der Waals surface area contributed by atoms with Gasteiger partial charge in [-0.1, -0.05) is 18.6 Å². The fourth-order valence-corrected chi connectivity index (χ4v) is 8.63. The summed E-state index contributed by atoms with van der Waals surface area (Å²) in [6, 6.07) is 7.23. The zero-order valence-electron chi connectivity index (χ0n) is 17.8. The van der Waals surface area contributed by atoms with Crippen LogP contribution in [0.2, 0.25) is 0 Å². The Kier molecular flexibility index (Phi) is 5.83. The summed E-state index contributed by atoms with van der Waals surface area (Å²) in [4.78, 5) is 30.9. The molecule has 3 fully saturated rings. The molecule has 3 aliphatic rings. The van der Waals surface area contributed by atoms with E-state index in [1.54, 1.807) is 11.3 Å². The van der Waals surface area contributed by atoms with Crippen LogP contribution in [0, 0.1) is 0 Å². The highest BCUT2D eigenvalue weighted by atomic mass is 32.2. The summed E-state index contributed by atoms with van der Waals surface area (Å²) in [5.74, 6) is 0.562. The van der Waals surface area contributed by atoms with Crippen molar-refractivity contribution in [1.29, 1.82) is 0 Å². The van der Waals surface area contributed by atoms with Crippen molar-refractivity contribution in [3.63, 3.8) is 0 Å². The first-order valence-electron chi connectivity index (χ1n) is 11.3. The van der Waals surface area contributed by atoms with E-state index in [-0.39, 0.29) is 29.8 Å². The number of sulfone groups is 1. The molecule has 1 aromatic heterocycles. The molecule has 0 aliphatic carbocycles. The van der Waals surface area contributed by atoms with E-state index in [9.17, 15) is 18.0 Å². The van der Waals surface area contributed by atoms with E-state index in [0.717, 1.165) is 31.4 Å². The highest BCUT2D eigenvalue weighted by Gasteiger charge is 2.51. The highest BCUT2D eigenvalue weighted by molar-refractivity contribution is 7.92. The fraction of sp³-hybridized carbons (Fsp3) is 0.591. The number of carbonyl (C=O) groups is 2. The smallest absolute Gasteiger partial charge is 0.315 e. The first-order valence-corrected chi connectivity index (χ1v) is 13.9. The van der Waals surface area contributed by atoms with Crippen molar-refractivity contribution >= 4 is 43.3 Å². The van der Waals surface area contributed by atoms with Crippen LogP contribution in [0.5, 0.6) is 0 Å². The Bertz CT molecular complexity index is 1090. The number of benzene rings is 1. The van der Waals surface area contributed by atoms with Crippen molar-refractivity contribution in [2.45, 2.75) is 61.8 Å². The molecule has 0 bridgehead atoms. The van der Waals surface area contributed by atoms with Crippen molar-refractivity contribution in [3.8, 4) is 0 Å². The lowest BCUT2D eigenvalue weighted by molar-refractivity contribution is -0.132. The van der Waals surface area contributed by atoms with E-state index in [0.29, 0.717) is 31.6 Å². The number of amides is 3. The lowest BCUT2D eigenvalue weighted by Gasteiger charge is -2.31. The first kappa shape index (κ1) is 21.6. The van der Waals surface area contributed by atoms with Crippen molar-refractivity contribution in [3.05, 3.63) is 29.3 Å². The second-order valence-electron chi connectivity index (χ2n) is 9.04. The van der Waals surface area contributed by atoms with Gasteiger partial charge in [0.1, 0.15) is 0 Å². The van der Waals surface area contributed by atoms with Crippen LogP contribution in [0.15, 0.2) is 24.3 Å². The monoisotopic (exact) mass is 476 g/mol. The van der Waals surface area contributed by atoms with Crippen molar-refractivity contribution in [2.75, 3.05) is 18.8 Å². The van der Waals surface area contributed by atoms with Gasteiger partial charge in [0.05, 0.1) is 38.3 Å². The Hall–Kier alpha value is -2.20. The van der Waals surface area contributed by atoms with E-state index in [1.807, 2.05) is 23.1 Å². The van der Waals surface area contributed by atoms with Crippen LogP contribution < -0.4 is 10.6 Å². The maximum absolute atomic E-state index is 12.7. The van der Waals surface area contributed by atoms with E-state index in [4.69, 9.17) is 4.98 Å². The maximum Gasteiger partial charge on any atom is 0.315 e. The Morgan fingerprint density at radius 3 is 2.72 bits per heavy atom. The van der Waals surface area contributed by atoms with E-state index < -0.39 is 15.1 Å². The largest absolute Gasteiger partial charge is 0.343 e. The number of thiazole rings is 1. The van der Waals surface area contributed by atoms with Crippen molar-refractivity contribution in [1.82, 2.24) is 20.5 Å². The number of unbranched alkanes of at least 4 members (excludes halogenated alkanes) is 1. The average molecular weight is 477 g/mol. The number of likely N-dealkylation sites (tertiary alicyclic amines) is 1. The summed E-state index contributed by atoms with van der Waals surface area (Å²) in [6.45, 7) is 1.50. The maximum atomic E-state index is 12.7. The highest BCUT2D eigenvalue weighted by Crippen LogP contribution is 2.34. The van der Waals surface area contributed by atoms with Gasteiger partial charge >= 0.3 is 6.03 Å². The zero-order valence-corrected chi connectivity index (χ0v) is 19.5. The van der Waals surface area contributed by atoms with Crippen LogP contribution in [0.4, 0.5) is 4.79 Å². The topological polar surface area (TPSA) is 108 Å². The average Bonchev–Trinajstić information content (AvgIpc) is 3.41. The third-order valence-electron chi connectivity index (χ3n) is 6.96. The molecule has 5 rings (SSSR count). The summed E-state index contributed by atoms with van der Waals surface area (Å²) in [7, 11) is -3.21. The molecule has 8 nitrogen and oxygen atoms in total. The van der Waals surface area contributed by atoms with Crippen LogP contribution >= 0.6 is 11.3 Å². The number of aromatic nitrogens is 1. The van der Waals surface area contributed by atoms with Crippen molar-refractivity contribution < 1.29 is 18.0 Å². The Labute approximate surface area is 191 Å². The van der Waals surface area contributed by atoms with Gasteiger partial charge in [-0.15, -0.1) is 11.3 Å². The lowest BCUT2D eigenvalue weighted by atomic mass is 9.97. The molecule has 3 atom stereocenters. The number of para-hydroxylation sites is 1. The number of nitrogens with zero attached hydrogens (tertiary/aromatic N) is 2. The van der Waals surface area contributed by atoms with Gasteiger partial charge < -0.3 is 15.5 Å². The first-order chi connectivity index (χ1) is 15.4. The van der Waals surface area contributed by atoms with Crippen LogP contribution in [0.3, 0.4) is 0 Å². The quantitative estimate of drug-likeness (QED) is 0.492. The second kappa shape index (κ2) is 8.62. The normalized spacial score (nSPS) is 27.3. The molecule has 4 heterocycles. The summed E-state index contributed by atoms with van der Waals surface area (Å²) in [6.07, 6.45) is 4.12. The minimum Gasteiger partial charge on any atom is -0.343 e. The van der Waals surface area contributed by atoms with Crippen molar-refractivity contribution in [2.24, 2.45) is 0 Å². The van der Waals surface area contributed by atoms with Gasteiger partial charge in [-0.2, -0.15) is 0 Å². The predicted octanol–water partition coefficient (Wildman–Crippen LogP) is 2.41. The predicted molar refractivity (Wildman–Crippen MR) is 123 cm³/mol. The van der Waals surface area contributed by atoms with Crippen LogP contribution in [0.25, 0.3) is 10.2 Å². The summed E-state index contributed by atoms with van der Waals surface area (Å²) in [5.41, 5.74) is 1.05. The van der Waals surface area contributed by atoms with Gasteiger partial charge in [0.15, 0.2) is 9.84 Å².